The van der Waals surface area contributed by atoms with Gasteiger partial charge in [-0.1, -0.05) is 0 Å². The third-order valence-electron chi connectivity index (χ3n) is 7.46. The van der Waals surface area contributed by atoms with Crippen molar-refractivity contribution in [2.75, 3.05) is 25.1 Å². The van der Waals surface area contributed by atoms with Gasteiger partial charge in [-0.3, -0.25) is 14.3 Å². The predicted octanol–water partition coefficient (Wildman–Crippen LogP) is 3.31. The SMILES string of the molecule is COc1c(N2CC3CCCC(F)(F)C(N)C3C2)c(F)c(C(F)F)c2c(=O)[nH]c(=O)n(C3CC3)c12. The predicted molar refractivity (Wildman–Crippen MR) is 115 cm³/mol. The van der Waals surface area contributed by atoms with Crippen molar-refractivity contribution in [3.05, 3.63) is 32.2 Å². The lowest BCUT2D eigenvalue weighted by Gasteiger charge is -2.29. The molecule has 5 rings (SSSR count). The van der Waals surface area contributed by atoms with Crippen molar-refractivity contribution in [2.45, 2.75) is 56.5 Å². The number of alkyl halides is 4. The van der Waals surface area contributed by atoms with Gasteiger partial charge >= 0.3 is 5.69 Å². The molecular formula is C22H25F5N4O3. The molecule has 3 unspecified atom stereocenters. The molecule has 7 nitrogen and oxygen atoms in total. The summed E-state index contributed by atoms with van der Waals surface area (Å²) in [6.07, 6.45) is -1.85. The number of aromatic amines is 1. The molecule has 3 aliphatic rings. The molecule has 1 aromatic heterocycles. The molecule has 3 fully saturated rings. The van der Waals surface area contributed by atoms with Gasteiger partial charge in [-0.15, -0.1) is 0 Å². The number of anilines is 1. The summed E-state index contributed by atoms with van der Waals surface area (Å²) >= 11 is 0. The molecule has 1 saturated heterocycles. The van der Waals surface area contributed by atoms with Crippen LogP contribution < -0.4 is 26.6 Å². The van der Waals surface area contributed by atoms with Crippen LogP contribution in [0.25, 0.3) is 10.9 Å². The summed E-state index contributed by atoms with van der Waals surface area (Å²) < 4.78 is 79.6. The van der Waals surface area contributed by atoms with Gasteiger partial charge in [0, 0.05) is 31.5 Å². The number of methoxy groups -OCH3 is 1. The smallest absolute Gasteiger partial charge is 0.329 e. The van der Waals surface area contributed by atoms with Crippen LogP contribution in [-0.2, 0) is 0 Å². The lowest BCUT2D eigenvalue weighted by Crippen LogP contribution is -2.47. The molecule has 0 bridgehead atoms. The van der Waals surface area contributed by atoms with Crippen molar-refractivity contribution in [3.63, 3.8) is 0 Å². The third kappa shape index (κ3) is 3.40. The van der Waals surface area contributed by atoms with Gasteiger partial charge in [0.1, 0.15) is 11.2 Å². The van der Waals surface area contributed by atoms with Crippen LogP contribution >= 0.6 is 0 Å². The Labute approximate surface area is 190 Å². The molecule has 3 N–H and O–H groups in total. The van der Waals surface area contributed by atoms with Crippen LogP contribution in [0.1, 0.15) is 50.1 Å². The molecule has 1 aromatic carbocycles. The fourth-order valence-corrected chi connectivity index (χ4v) is 5.70. The number of fused-ring (bicyclic) bond motifs is 2. The molecule has 0 radical (unpaired) electrons. The van der Waals surface area contributed by atoms with E-state index in [1.807, 2.05) is 4.98 Å². The first kappa shape index (κ1) is 23.1. The number of nitrogens with one attached hydrogen (secondary N) is 1. The highest BCUT2D eigenvalue weighted by Gasteiger charge is 2.50. The van der Waals surface area contributed by atoms with E-state index in [1.54, 1.807) is 0 Å². The van der Waals surface area contributed by atoms with E-state index < -0.39 is 52.3 Å². The zero-order valence-electron chi connectivity index (χ0n) is 18.4. The molecule has 0 spiro atoms. The van der Waals surface area contributed by atoms with Crippen molar-refractivity contribution >= 4 is 16.6 Å². The fourth-order valence-electron chi connectivity index (χ4n) is 5.70. The van der Waals surface area contributed by atoms with Gasteiger partial charge < -0.3 is 15.4 Å². The zero-order chi connectivity index (χ0) is 24.5. The molecule has 2 aliphatic carbocycles. The maximum absolute atomic E-state index is 15.8. The van der Waals surface area contributed by atoms with Gasteiger partial charge in [0.05, 0.1) is 24.1 Å². The molecule has 186 valence electrons. The number of hydrogen-bond donors (Lipinski definition) is 2. The summed E-state index contributed by atoms with van der Waals surface area (Å²) in [4.78, 5) is 28.6. The minimum atomic E-state index is -3.36. The van der Waals surface area contributed by atoms with Gasteiger partial charge in [0.15, 0.2) is 11.6 Å². The standard InChI is InChI=1S/C22H25F5N4O3/c1-34-17-15-13(20(32)29-21(33)31(15)10-4-5-10)12(19(24)25)14(23)16(17)30-7-9-3-2-6-22(26,27)18(28)11(9)8-30/h9-11,18-19H,2-8,28H2,1H3,(H,29,32,33). The molecule has 3 atom stereocenters. The van der Waals surface area contributed by atoms with E-state index in [1.165, 1.54) is 16.6 Å². The van der Waals surface area contributed by atoms with Crippen molar-refractivity contribution in [1.82, 2.24) is 9.55 Å². The van der Waals surface area contributed by atoms with E-state index in [0.29, 0.717) is 19.3 Å². The highest BCUT2D eigenvalue weighted by atomic mass is 19.3. The Balaban J connectivity index is 1.76. The van der Waals surface area contributed by atoms with Crippen molar-refractivity contribution in [3.8, 4) is 5.75 Å². The molecule has 12 heteroatoms. The molecule has 1 aliphatic heterocycles. The number of benzene rings is 1. The Morgan fingerprint density at radius 3 is 2.50 bits per heavy atom. The summed E-state index contributed by atoms with van der Waals surface area (Å²) in [6.45, 7) is 0.0342. The van der Waals surface area contributed by atoms with E-state index in [-0.39, 0.29) is 54.8 Å². The van der Waals surface area contributed by atoms with Crippen molar-refractivity contribution < 1.29 is 26.7 Å². The number of nitrogens with two attached hydrogens (primary N) is 1. The van der Waals surface area contributed by atoms with Gasteiger partial charge in [-0.05, 0) is 31.6 Å². The zero-order valence-corrected chi connectivity index (χ0v) is 18.4. The monoisotopic (exact) mass is 488 g/mol. The van der Waals surface area contributed by atoms with E-state index in [2.05, 4.69) is 0 Å². The third-order valence-corrected chi connectivity index (χ3v) is 7.46. The molecule has 2 aromatic rings. The van der Waals surface area contributed by atoms with E-state index in [0.717, 1.165) is 0 Å². The second-order valence-electron chi connectivity index (χ2n) is 9.50. The van der Waals surface area contributed by atoms with Crippen LogP contribution in [0.4, 0.5) is 27.6 Å². The van der Waals surface area contributed by atoms with E-state index in [4.69, 9.17) is 10.5 Å². The lowest BCUT2D eigenvalue weighted by molar-refractivity contribution is -0.0439. The topological polar surface area (TPSA) is 93.3 Å². The number of ether oxygens (including phenoxy) is 1. The first-order valence-electron chi connectivity index (χ1n) is 11.3. The van der Waals surface area contributed by atoms with Crippen LogP contribution in [0.15, 0.2) is 9.59 Å². The van der Waals surface area contributed by atoms with Crippen LogP contribution in [0.5, 0.6) is 5.75 Å². The summed E-state index contributed by atoms with van der Waals surface area (Å²) in [5, 5.41) is -0.642. The first-order chi connectivity index (χ1) is 16.1. The Morgan fingerprint density at radius 2 is 1.88 bits per heavy atom. The molecule has 34 heavy (non-hydrogen) atoms. The van der Waals surface area contributed by atoms with Crippen LogP contribution in [0.2, 0.25) is 0 Å². The highest BCUT2D eigenvalue weighted by molar-refractivity contribution is 5.94. The number of halogens is 5. The van der Waals surface area contributed by atoms with E-state index in [9.17, 15) is 27.2 Å². The summed E-state index contributed by atoms with van der Waals surface area (Å²) in [5.41, 5.74) is 2.29. The lowest BCUT2D eigenvalue weighted by atomic mass is 9.87. The summed E-state index contributed by atoms with van der Waals surface area (Å²) in [6, 6.07) is -1.80. The molecule has 0 amide bonds. The van der Waals surface area contributed by atoms with Crippen molar-refractivity contribution in [2.24, 2.45) is 17.6 Å². The Hall–Kier alpha value is -2.63. The Kier molecular flexibility index (Phi) is 5.41. The Morgan fingerprint density at radius 1 is 1.18 bits per heavy atom. The number of H-pyrrole nitrogens is 1. The van der Waals surface area contributed by atoms with Crippen LogP contribution in [0, 0.1) is 17.7 Å². The largest absolute Gasteiger partial charge is 0.492 e. The summed E-state index contributed by atoms with van der Waals surface area (Å²) in [7, 11) is 1.19. The average Bonchev–Trinajstić information content (AvgIpc) is 3.52. The number of nitrogens with zero attached hydrogens (tertiary/aromatic N) is 2. The minimum Gasteiger partial charge on any atom is -0.492 e. The maximum Gasteiger partial charge on any atom is 0.329 e. The first-order valence-corrected chi connectivity index (χ1v) is 11.3. The second kappa shape index (κ2) is 7.96. The second-order valence-corrected chi connectivity index (χ2v) is 9.50. The van der Waals surface area contributed by atoms with Crippen molar-refractivity contribution in [1.29, 1.82) is 0 Å². The fraction of sp³-hybridized carbons (Fsp3) is 0.636. The van der Waals surface area contributed by atoms with E-state index >= 15 is 4.39 Å². The Bertz CT molecular complexity index is 1260. The molecular weight excluding hydrogens is 463 g/mol. The number of hydrogen-bond acceptors (Lipinski definition) is 5. The summed E-state index contributed by atoms with van der Waals surface area (Å²) in [5.74, 6) is -5.65. The van der Waals surface area contributed by atoms with Crippen LogP contribution in [0.3, 0.4) is 0 Å². The van der Waals surface area contributed by atoms with Gasteiger partial charge in [-0.2, -0.15) is 0 Å². The quantitative estimate of drug-likeness (QED) is 0.645. The maximum atomic E-state index is 15.8. The van der Waals surface area contributed by atoms with Gasteiger partial charge in [0.25, 0.3) is 17.9 Å². The van der Waals surface area contributed by atoms with Gasteiger partial charge in [0.2, 0.25) is 0 Å². The number of aromatic nitrogens is 2. The minimum absolute atomic E-state index is 0.0836. The normalized spacial score (nSPS) is 26.7. The van der Waals surface area contributed by atoms with Crippen LogP contribution in [-0.4, -0.2) is 41.7 Å². The number of rotatable bonds is 4. The average molecular weight is 488 g/mol. The molecule has 2 saturated carbocycles. The highest BCUT2D eigenvalue weighted by Crippen LogP contribution is 2.49. The van der Waals surface area contributed by atoms with Gasteiger partial charge in [-0.25, -0.2) is 26.7 Å². The molecule has 2 heterocycles.